The monoisotopic (exact) mass is 222 g/mol. The van der Waals surface area contributed by atoms with Gasteiger partial charge in [-0.15, -0.1) is 0 Å². The summed E-state index contributed by atoms with van der Waals surface area (Å²) in [5, 5.41) is 0. The number of rotatable bonds is 1. The summed E-state index contributed by atoms with van der Waals surface area (Å²) in [6, 6.07) is 3.60. The lowest BCUT2D eigenvalue weighted by Crippen LogP contribution is -2.26. The summed E-state index contributed by atoms with van der Waals surface area (Å²) < 4.78 is 20.6. The van der Waals surface area contributed by atoms with Crippen molar-refractivity contribution in [2.45, 2.75) is 12.5 Å². The molecule has 5 heteroatoms. The van der Waals surface area contributed by atoms with Crippen LogP contribution in [-0.2, 0) is 16.0 Å². The second kappa shape index (κ2) is 3.30. The lowest BCUT2D eigenvalue weighted by molar-refractivity contribution is -0.147. The highest BCUT2D eigenvalue weighted by atomic mass is 16.7. The van der Waals surface area contributed by atoms with E-state index in [1.165, 1.54) is 7.11 Å². The van der Waals surface area contributed by atoms with Crippen LogP contribution in [0.25, 0.3) is 0 Å². The molecule has 0 fully saturated rings. The molecule has 0 aromatic heterocycles. The van der Waals surface area contributed by atoms with Crippen molar-refractivity contribution < 1.29 is 23.7 Å². The molecule has 0 bridgehead atoms. The zero-order valence-electron chi connectivity index (χ0n) is 8.69. The number of methoxy groups -OCH3 is 1. The van der Waals surface area contributed by atoms with Crippen molar-refractivity contribution in [3.8, 4) is 17.2 Å². The van der Waals surface area contributed by atoms with Gasteiger partial charge in [0.15, 0.2) is 17.6 Å². The molecule has 1 unspecified atom stereocenters. The first-order valence-corrected chi connectivity index (χ1v) is 4.95. The van der Waals surface area contributed by atoms with Crippen LogP contribution in [0.1, 0.15) is 5.56 Å². The molecule has 84 valence electrons. The Labute approximate surface area is 91.9 Å². The molecule has 2 aliphatic heterocycles. The largest absolute Gasteiger partial charge is 0.478 e. The molecule has 0 saturated heterocycles. The minimum absolute atomic E-state index is 0.235. The van der Waals surface area contributed by atoms with Gasteiger partial charge >= 0.3 is 5.97 Å². The van der Waals surface area contributed by atoms with Gasteiger partial charge in [-0.1, -0.05) is 0 Å². The number of hydrogen-bond donors (Lipinski definition) is 0. The highest BCUT2D eigenvalue weighted by molar-refractivity contribution is 5.77. The minimum Gasteiger partial charge on any atom is -0.478 e. The molecule has 3 rings (SSSR count). The molecule has 0 N–H and O–H groups in total. The van der Waals surface area contributed by atoms with Crippen LogP contribution in [0.4, 0.5) is 0 Å². The summed E-state index contributed by atoms with van der Waals surface area (Å²) in [6.45, 7) is 0.235. The first-order chi connectivity index (χ1) is 7.78. The SMILES string of the molecule is COC(=O)C1Cc2cc3c(cc2O1)OCO3. The number of esters is 1. The van der Waals surface area contributed by atoms with Crippen molar-refractivity contribution in [2.24, 2.45) is 0 Å². The van der Waals surface area contributed by atoms with Crippen molar-refractivity contribution in [1.82, 2.24) is 0 Å². The third-order valence-corrected chi connectivity index (χ3v) is 2.69. The van der Waals surface area contributed by atoms with Crippen LogP contribution in [0.5, 0.6) is 17.2 Å². The molecule has 1 aromatic carbocycles. The lowest BCUT2D eigenvalue weighted by Gasteiger charge is -2.07. The van der Waals surface area contributed by atoms with Gasteiger partial charge in [-0.25, -0.2) is 4.79 Å². The highest BCUT2D eigenvalue weighted by Gasteiger charge is 2.32. The van der Waals surface area contributed by atoms with Gasteiger partial charge in [-0.2, -0.15) is 0 Å². The first kappa shape index (κ1) is 9.33. The van der Waals surface area contributed by atoms with E-state index in [9.17, 15) is 4.79 Å². The fraction of sp³-hybridized carbons (Fsp3) is 0.364. The summed E-state index contributed by atoms with van der Waals surface area (Å²) in [5.41, 5.74) is 0.944. The number of carbonyl (C=O) groups is 1. The van der Waals surface area contributed by atoms with E-state index in [0.717, 1.165) is 5.56 Å². The van der Waals surface area contributed by atoms with Gasteiger partial charge in [0.2, 0.25) is 6.79 Å². The second-order valence-electron chi connectivity index (χ2n) is 3.65. The smallest absolute Gasteiger partial charge is 0.347 e. The van der Waals surface area contributed by atoms with E-state index in [4.69, 9.17) is 14.2 Å². The molecule has 2 heterocycles. The quantitative estimate of drug-likeness (QED) is 0.660. The van der Waals surface area contributed by atoms with Gasteiger partial charge in [-0.05, 0) is 6.07 Å². The van der Waals surface area contributed by atoms with Crippen LogP contribution < -0.4 is 14.2 Å². The summed E-state index contributed by atoms with van der Waals surface area (Å²) in [7, 11) is 1.35. The second-order valence-corrected chi connectivity index (χ2v) is 3.65. The van der Waals surface area contributed by atoms with Crippen molar-refractivity contribution >= 4 is 5.97 Å². The van der Waals surface area contributed by atoms with E-state index in [0.29, 0.717) is 23.7 Å². The maximum Gasteiger partial charge on any atom is 0.347 e. The molecule has 5 nitrogen and oxygen atoms in total. The summed E-state index contributed by atoms with van der Waals surface area (Å²) in [6.07, 6.45) is -0.0407. The Morgan fingerprint density at radius 1 is 1.31 bits per heavy atom. The Hall–Kier alpha value is -1.91. The van der Waals surface area contributed by atoms with Crippen molar-refractivity contribution in [2.75, 3.05) is 13.9 Å². The maximum absolute atomic E-state index is 11.3. The van der Waals surface area contributed by atoms with Gasteiger partial charge in [0.1, 0.15) is 5.75 Å². The van der Waals surface area contributed by atoms with E-state index < -0.39 is 6.10 Å². The maximum atomic E-state index is 11.3. The molecular formula is C11H10O5. The van der Waals surface area contributed by atoms with Gasteiger partial charge in [0.25, 0.3) is 0 Å². The zero-order valence-corrected chi connectivity index (χ0v) is 8.69. The molecule has 0 amide bonds. The Morgan fingerprint density at radius 2 is 2.06 bits per heavy atom. The van der Waals surface area contributed by atoms with Gasteiger partial charge in [0, 0.05) is 18.1 Å². The van der Waals surface area contributed by atoms with E-state index in [1.807, 2.05) is 6.07 Å². The number of hydrogen-bond acceptors (Lipinski definition) is 5. The molecular weight excluding hydrogens is 212 g/mol. The number of carbonyl (C=O) groups excluding carboxylic acids is 1. The number of ether oxygens (including phenoxy) is 4. The molecule has 0 spiro atoms. The van der Waals surface area contributed by atoms with E-state index in [1.54, 1.807) is 6.07 Å². The van der Waals surface area contributed by atoms with E-state index in [2.05, 4.69) is 4.74 Å². The molecule has 2 aliphatic rings. The normalized spacial score (nSPS) is 20.2. The molecule has 16 heavy (non-hydrogen) atoms. The van der Waals surface area contributed by atoms with Gasteiger partial charge < -0.3 is 18.9 Å². The average molecular weight is 222 g/mol. The van der Waals surface area contributed by atoms with Crippen LogP contribution in [0.15, 0.2) is 12.1 Å². The third kappa shape index (κ3) is 1.28. The third-order valence-electron chi connectivity index (χ3n) is 2.69. The zero-order chi connectivity index (χ0) is 11.1. The first-order valence-electron chi connectivity index (χ1n) is 4.95. The van der Waals surface area contributed by atoms with Crippen LogP contribution in [-0.4, -0.2) is 26.0 Å². The van der Waals surface area contributed by atoms with Gasteiger partial charge in [0.05, 0.1) is 7.11 Å². The fourth-order valence-electron chi connectivity index (χ4n) is 1.89. The summed E-state index contributed by atoms with van der Waals surface area (Å²) >= 11 is 0. The molecule has 0 aliphatic carbocycles. The lowest BCUT2D eigenvalue weighted by atomic mass is 10.1. The predicted octanol–water partition coefficient (Wildman–Crippen LogP) is 0.892. The number of fused-ring (bicyclic) bond motifs is 2. The standard InChI is InChI=1S/C11H10O5/c1-13-11(12)10-3-6-2-8-9(15-5-14-8)4-7(6)16-10/h2,4,10H,3,5H2,1H3. The molecule has 1 aromatic rings. The van der Waals surface area contributed by atoms with E-state index in [-0.39, 0.29) is 12.8 Å². The molecule has 0 radical (unpaired) electrons. The predicted molar refractivity (Wildman–Crippen MR) is 52.7 cm³/mol. The minimum atomic E-state index is -0.553. The Bertz CT molecular complexity index is 421. The molecule has 1 atom stereocenters. The van der Waals surface area contributed by atoms with Crippen molar-refractivity contribution in [1.29, 1.82) is 0 Å². The summed E-state index contributed by atoms with van der Waals surface area (Å²) in [4.78, 5) is 11.3. The van der Waals surface area contributed by atoms with Crippen LogP contribution in [0.2, 0.25) is 0 Å². The average Bonchev–Trinajstić information content (AvgIpc) is 2.89. The van der Waals surface area contributed by atoms with Crippen molar-refractivity contribution in [3.63, 3.8) is 0 Å². The Morgan fingerprint density at radius 3 is 2.81 bits per heavy atom. The van der Waals surface area contributed by atoms with Crippen molar-refractivity contribution in [3.05, 3.63) is 17.7 Å². The van der Waals surface area contributed by atoms with Crippen LogP contribution >= 0.6 is 0 Å². The fourth-order valence-corrected chi connectivity index (χ4v) is 1.89. The number of benzene rings is 1. The summed E-state index contributed by atoms with van der Waals surface area (Å²) in [5.74, 6) is 1.66. The van der Waals surface area contributed by atoms with Crippen LogP contribution in [0.3, 0.4) is 0 Å². The Kier molecular flexibility index (Phi) is 1.92. The highest BCUT2D eigenvalue weighted by Crippen LogP contribution is 2.41. The van der Waals surface area contributed by atoms with Gasteiger partial charge in [-0.3, -0.25) is 0 Å². The molecule has 0 saturated carbocycles. The topological polar surface area (TPSA) is 54.0 Å². The Balaban J connectivity index is 1.90. The van der Waals surface area contributed by atoms with E-state index >= 15 is 0 Å². The van der Waals surface area contributed by atoms with Crippen LogP contribution in [0, 0.1) is 0 Å².